The van der Waals surface area contributed by atoms with E-state index < -0.39 is 5.91 Å². The molecule has 2 N–H and O–H groups in total. The summed E-state index contributed by atoms with van der Waals surface area (Å²) in [6.07, 6.45) is 0. The van der Waals surface area contributed by atoms with Crippen molar-refractivity contribution >= 4 is 39.0 Å². The number of thiophene rings is 1. The molecule has 2 aromatic heterocycles. The van der Waals surface area contributed by atoms with E-state index in [1.165, 1.54) is 11.1 Å². The summed E-state index contributed by atoms with van der Waals surface area (Å²) in [5.41, 5.74) is 9.38. The van der Waals surface area contributed by atoms with Crippen LogP contribution in [0.2, 0.25) is 0 Å². The topological polar surface area (TPSA) is 75.3 Å². The van der Waals surface area contributed by atoms with E-state index >= 15 is 0 Å². The highest BCUT2D eigenvalue weighted by molar-refractivity contribution is 7.17. The summed E-state index contributed by atoms with van der Waals surface area (Å²) in [5, 5.41) is 3.33. The molecule has 0 atom stereocenters. The molecule has 31 heavy (non-hydrogen) atoms. The van der Waals surface area contributed by atoms with Gasteiger partial charge in [0.2, 0.25) is 5.91 Å². The van der Waals surface area contributed by atoms with Crippen LogP contribution in [0.15, 0.2) is 60.0 Å². The molecule has 0 saturated carbocycles. The summed E-state index contributed by atoms with van der Waals surface area (Å²) < 4.78 is 0. The first-order valence-corrected chi connectivity index (χ1v) is 11.2. The van der Waals surface area contributed by atoms with Crippen molar-refractivity contribution in [1.29, 1.82) is 0 Å². The second kappa shape index (κ2) is 8.00. The van der Waals surface area contributed by atoms with Crippen molar-refractivity contribution in [2.24, 2.45) is 5.73 Å². The molecule has 1 aliphatic rings. The molecule has 0 unspecified atom stereocenters. The predicted molar refractivity (Wildman–Crippen MR) is 127 cm³/mol. The number of rotatable bonds is 4. The van der Waals surface area contributed by atoms with Gasteiger partial charge >= 0.3 is 0 Å². The van der Waals surface area contributed by atoms with Gasteiger partial charge in [-0.15, -0.1) is 11.3 Å². The van der Waals surface area contributed by atoms with Crippen LogP contribution in [0.1, 0.15) is 16.2 Å². The number of nitrogens with zero attached hydrogens (tertiary/aromatic N) is 4. The number of nitrogens with two attached hydrogens (primary N) is 1. The van der Waals surface area contributed by atoms with Crippen LogP contribution in [0, 0.1) is 6.92 Å². The van der Waals surface area contributed by atoms with Gasteiger partial charge in [-0.25, -0.2) is 9.97 Å². The average Bonchev–Trinajstić information content (AvgIpc) is 3.23. The number of fused-ring (bicyclic) bond motifs is 1. The molecule has 6 nitrogen and oxygen atoms in total. The second-order valence-corrected chi connectivity index (χ2v) is 8.53. The van der Waals surface area contributed by atoms with Crippen LogP contribution in [0.5, 0.6) is 0 Å². The molecule has 1 fully saturated rings. The van der Waals surface area contributed by atoms with Gasteiger partial charge in [0.15, 0.2) is 0 Å². The lowest BCUT2D eigenvalue weighted by molar-refractivity contribution is 0.100. The van der Waals surface area contributed by atoms with E-state index in [1.807, 2.05) is 25.1 Å². The van der Waals surface area contributed by atoms with Gasteiger partial charge in [0, 0.05) is 48.4 Å². The number of anilines is 2. The first-order valence-electron chi connectivity index (χ1n) is 10.3. The predicted octanol–water partition coefficient (Wildman–Crippen LogP) is 4.09. The number of piperazine rings is 1. The lowest BCUT2D eigenvalue weighted by Crippen LogP contribution is -2.47. The molecule has 5 rings (SSSR count). The number of aromatic nitrogens is 2. The number of benzene rings is 2. The van der Waals surface area contributed by atoms with Crippen molar-refractivity contribution in [3.8, 4) is 11.1 Å². The zero-order valence-corrected chi connectivity index (χ0v) is 18.1. The first-order chi connectivity index (χ1) is 15.1. The molecule has 4 aromatic rings. The summed E-state index contributed by atoms with van der Waals surface area (Å²) in [6, 6.07) is 18.0. The Morgan fingerprint density at radius 1 is 0.935 bits per heavy atom. The molecule has 1 saturated heterocycles. The maximum atomic E-state index is 11.3. The van der Waals surface area contributed by atoms with Crippen molar-refractivity contribution in [1.82, 2.24) is 9.97 Å². The Labute approximate surface area is 185 Å². The third-order valence-electron chi connectivity index (χ3n) is 5.71. The molecule has 0 bridgehead atoms. The largest absolute Gasteiger partial charge is 0.368 e. The maximum absolute atomic E-state index is 11.3. The van der Waals surface area contributed by atoms with E-state index in [0.29, 0.717) is 5.56 Å². The van der Waals surface area contributed by atoms with E-state index in [-0.39, 0.29) is 0 Å². The zero-order chi connectivity index (χ0) is 21.4. The maximum Gasteiger partial charge on any atom is 0.248 e. The highest BCUT2D eigenvalue weighted by Crippen LogP contribution is 2.38. The number of carbonyl (C=O) groups is 1. The number of hydrogen-bond acceptors (Lipinski definition) is 6. The fraction of sp³-hybridized carbons (Fsp3) is 0.208. The molecule has 7 heteroatoms. The Morgan fingerprint density at radius 3 is 2.29 bits per heavy atom. The van der Waals surface area contributed by atoms with Crippen LogP contribution in [-0.2, 0) is 0 Å². The number of amides is 1. The fourth-order valence-corrected chi connectivity index (χ4v) is 5.09. The SMILES string of the molecule is Cc1nc(N2CCN(c3ccc(C(N)=O)cc3)CC2)c2c(-c3ccccc3)csc2n1. The summed E-state index contributed by atoms with van der Waals surface area (Å²) in [5.74, 6) is 1.42. The third kappa shape index (κ3) is 3.72. The normalized spacial score (nSPS) is 14.2. The monoisotopic (exact) mass is 429 g/mol. The minimum Gasteiger partial charge on any atom is -0.368 e. The first kappa shape index (κ1) is 19.5. The molecule has 1 amide bonds. The minimum atomic E-state index is -0.399. The van der Waals surface area contributed by atoms with E-state index in [1.54, 1.807) is 23.5 Å². The van der Waals surface area contributed by atoms with Gasteiger partial charge in [0.05, 0.1) is 5.39 Å². The highest BCUT2D eigenvalue weighted by Gasteiger charge is 2.23. The Balaban J connectivity index is 1.43. The Kier molecular flexibility index (Phi) is 5.03. The third-order valence-corrected chi connectivity index (χ3v) is 6.58. The van der Waals surface area contributed by atoms with Gasteiger partial charge in [0.25, 0.3) is 0 Å². The van der Waals surface area contributed by atoms with Crippen LogP contribution in [0.25, 0.3) is 21.3 Å². The number of primary amides is 1. The minimum absolute atomic E-state index is 0.399. The Hall–Kier alpha value is -3.45. The summed E-state index contributed by atoms with van der Waals surface area (Å²) in [6.45, 7) is 5.46. The number of carbonyl (C=O) groups excluding carboxylic acids is 1. The summed E-state index contributed by atoms with van der Waals surface area (Å²) >= 11 is 1.68. The van der Waals surface area contributed by atoms with Crippen LogP contribution in [-0.4, -0.2) is 42.1 Å². The summed E-state index contributed by atoms with van der Waals surface area (Å²) in [4.78, 5) is 26.6. The van der Waals surface area contributed by atoms with Gasteiger partial charge in [-0.3, -0.25) is 4.79 Å². The molecule has 0 aliphatic carbocycles. The lowest BCUT2D eigenvalue weighted by atomic mass is 10.1. The van der Waals surface area contributed by atoms with Crippen LogP contribution < -0.4 is 15.5 Å². The second-order valence-electron chi connectivity index (χ2n) is 7.68. The lowest BCUT2D eigenvalue weighted by Gasteiger charge is -2.37. The van der Waals surface area contributed by atoms with Gasteiger partial charge in [-0.05, 0) is 36.8 Å². The van der Waals surface area contributed by atoms with Gasteiger partial charge < -0.3 is 15.5 Å². The smallest absolute Gasteiger partial charge is 0.248 e. The van der Waals surface area contributed by atoms with Crippen molar-refractivity contribution in [3.05, 3.63) is 71.4 Å². The van der Waals surface area contributed by atoms with E-state index in [0.717, 1.165) is 53.7 Å². The van der Waals surface area contributed by atoms with Crippen molar-refractivity contribution in [3.63, 3.8) is 0 Å². The van der Waals surface area contributed by atoms with Crippen LogP contribution in [0.4, 0.5) is 11.5 Å². The van der Waals surface area contributed by atoms with Crippen molar-refractivity contribution in [2.75, 3.05) is 36.0 Å². The van der Waals surface area contributed by atoms with Gasteiger partial charge in [-0.2, -0.15) is 0 Å². The fourth-order valence-electron chi connectivity index (χ4n) is 4.10. The molecular weight excluding hydrogens is 406 g/mol. The van der Waals surface area contributed by atoms with Gasteiger partial charge in [-0.1, -0.05) is 30.3 Å². The molecular formula is C24H23N5OS. The quantitative estimate of drug-likeness (QED) is 0.529. The molecule has 0 radical (unpaired) electrons. The standard InChI is InChI=1S/C24H23N5OS/c1-16-26-23(21-20(15-31-24(21)27-16)17-5-3-2-4-6-17)29-13-11-28(12-14-29)19-9-7-18(8-10-19)22(25)30/h2-10,15H,11-14H2,1H3,(H2,25,30). The Bertz CT molecular complexity index is 1230. The van der Waals surface area contributed by atoms with Gasteiger partial charge in [0.1, 0.15) is 16.5 Å². The molecule has 0 spiro atoms. The molecule has 1 aliphatic heterocycles. The van der Waals surface area contributed by atoms with Crippen molar-refractivity contribution < 1.29 is 4.79 Å². The number of aryl methyl sites for hydroxylation is 1. The van der Waals surface area contributed by atoms with E-state index in [4.69, 9.17) is 15.7 Å². The molecule has 2 aromatic carbocycles. The van der Waals surface area contributed by atoms with E-state index in [9.17, 15) is 4.79 Å². The highest BCUT2D eigenvalue weighted by atomic mass is 32.1. The number of hydrogen-bond donors (Lipinski definition) is 1. The summed E-state index contributed by atoms with van der Waals surface area (Å²) in [7, 11) is 0. The molecule has 3 heterocycles. The molecule has 156 valence electrons. The average molecular weight is 430 g/mol. The Morgan fingerprint density at radius 2 is 1.61 bits per heavy atom. The zero-order valence-electron chi connectivity index (χ0n) is 17.3. The van der Waals surface area contributed by atoms with Crippen LogP contribution in [0.3, 0.4) is 0 Å². The van der Waals surface area contributed by atoms with Crippen LogP contribution >= 0.6 is 11.3 Å². The van der Waals surface area contributed by atoms with Crippen molar-refractivity contribution in [2.45, 2.75) is 6.92 Å². The van der Waals surface area contributed by atoms with E-state index in [2.05, 4.69) is 39.4 Å².